The zero-order chi connectivity index (χ0) is 14.8. The number of aliphatic carboxylic acids is 1. The van der Waals surface area contributed by atoms with Gasteiger partial charge in [0.1, 0.15) is 6.04 Å². The second kappa shape index (κ2) is 5.76. The Balaban J connectivity index is 1.62. The number of amides is 2. The van der Waals surface area contributed by atoms with E-state index in [-0.39, 0.29) is 6.03 Å². The molecule has 0 radical (unpaired) electrons. The van der Waals surface area contributed by atoms with Crippen LogP contribution in [0.15, 0.2) is 30.3 Å². The Morgan fingerprint density at radius 1 is 1.29 bits per heavy atom. The molecule has 1 aromatic rings. The van der Waals surface area contributed by atoms with Crippen molar-refractivity contribution < 1.29 is 14.7 Å². The molecule has 5 heteroatoms. The van der Waals surface area contributed by atoms with Gasteiger partial charge in [0.25, 0.3) is 0 Å². The Labute approximate surface area is 123 Å². The number of nitrogens with one attached hydrogen (secondary N) is 1. The van der Waals surface area contributed by atoms with Crippen LogP contribution in [0.25, 0.3) is 0 Å². The number of nitrogens with zero attached hydrogens (tertiary/aromatic N) is 1. The van der Waals surface area contributed by atoms with E-state index in [1.807, 2.05) is 35.2 Å². The van der Waals surface area contributed by atoms with Crippen LogP contribution in [0.4, 0.5) is 4.79 Å². The third-order valence-corrected chi connectivity index (χ3v) is 4.55. The highest BCUT2D eigenvalue weighted by Crippen LogP contribution is 2.37. The van der Waals surface area contributed by atoms with Crippen molar-refractivity contribution in [3.05, 3.63) is 35.9 Å². The van der Waals surface area contributed by atoms with E-state index >= 15 is 0 Å². The molecule has 2 amide bonds. The molecule has 1 saturated heterocycles. The number of carboxylic acid groups (broad SMARTS) is 1. The Morgan fingerprint density at radius 2 is 2.05 bits per heavy atom. The second-order valence-corrected chi connectivity index (χ2v) is 6.02. The molecule has 21 heavy (non-hydrogen) atoms. The van der Waals surface area contributed by atoms with Gasteiger partial charge in [-0.2, -0.15) is 0 Å². The van der Waals surface area contributed by atoms with Gasteiger partial charge < -0.3 is 15.3 Å². The Bertz CT molecular complexity index is 532. The summed E-state index contributed by atoms with van der Waals surface area (Å²) in [7, 11) is 0. The average molecular weight is 288 g/mol. The molecule has 112 valence electrons. The monoisotopic (exact) mass is 288 g/mol. The van der Waals surface area contributed by atoms with Crippen LogP contribution in [0.1, 0.15) is 24.8 Å². The average Bonchev–Trinajstić information content (AvgIpc) is 3.10. The molecule has 0 aromatic heterocycles. The van der Waals surface area contributed by atoms with Gasteiger partial charge in [0.2, 0.25) is 0 Å². The van der Waals surface area contributed by atoms with Gasteiger partial charge in [0.05, 0.1) is 0 Å². The van der Waals surface area contributed by atoms with Crippen molar-refractivity contribution in [1.29, 1.82) is 0 Å². The van der Waals surface area contributed by atoms with E-state index < -0.39 is 12.0 Å². The van der Waals surface area contributed by atoms with Gasteiger partial charge in [-0.15, -0.1) is 0 Å². The highest BCUT2D eigenvalue weighted by molar-refractivity contribution is 5.83. The number of piperidine rings is 1. The molecule has 3 atom stereocenters. The predicted molar refractivity (Wildman–Crippen MR) is 77.9 cm³/mol. The van der Waals surface area contributed by atoms with Gasteiger partial charge in [-0.3, -0.25) is 0 Å². The number of hydrogen-bond donors (Lipinski definition) is 2. The van der Waals surface area contributed by atoms with Gasteiger partial charge in [-0.05, 0) is 30.7 Å². The van der Waals surface area contributed by atoms with Crippen LogP contribution in [0.5, 0.6) is 0 Å². The van der Waals surface area contributed by atoms with E-state index in [9.17, 15) is 14.7 Å². The molecule has 2 aliphatic rings. The first-order valence-corrected chi connectivity index (χ1v) is 7.47. The molecule has 3 unspecified atom stereocenters. The second-order valence-electron chi connectivity index (χ2n) is 6.02. The summed E-state index contributed by atoms with van der Waals surface area (Å²) in [4.78, 5) is 25.5. The number of urea groups is 1. The van der Waals surface area contributed by atoms with Crippen molar-refractivity contribution in [2.24, 2.45) is 5.92 Å². The van der Waals surface area contributed by atoms with E-state index in [0.717, 1.165) is 24.9 Å². The van der Waals surface area contributed by atoms with Gasteiger partial charge in [0, 0.05) is 19.0 Å². The van der Waals surface area contributed by atoms with Crippen molar-refractivity contribution >= 4 is 12.0 Å². The van der Waals surface area contributed by atoms with Crippen molar-refractivity contribution in [2.75, 3.05) is 6.54 Å². The largest absolute Gasteiger partial charge is 0.480 e. The fraction of sp³-hybridized carbons (Fsp3) is 0.500. The summed E-state index contributed by atoms with van der Waals surface area (Å²) in [5.41, 5.74) is 0.910. The summed E-state index contributed by atoms with van der Waals surface area (Å²) >= 11 is 0. The summed E-state index contributed by atoms with van der Waals surface area (Å²) < 4.78 is 0. The first-order chi connectivity index (χ1) is 10.1. The summed E-state index contributed by atoms with van der Waals surface area (Å²) in [6.07, 6.45) is 3.63. The van der Waals surface area contributed by atoms with E-state index in [2.05, 4.69) is 5.32 Å². The molecule has 5 nitrogen and oxygen atoms in total. The van der Waals surface area contributed by atoms with Crippen LogP contribution in [-0.4, -0.2) is 40.6 Å². The van der Waals surface area contributed by atoms with E-state index in [1.165, 1.54) is 6.42 Å². The number of carboxylic acids is 1. The topological polar surface area (TPSA) is 69.6 Å². The number of benzene rings is 1. The van der Waals surface area contributed by atoms with Gasteiger partial charge in [0.15, 0.2) is 0 Å². The van der Waals surface area contributed by atoms with Crippen molar-refractivity contribution in [1.82, 2.24) is 10.2 Å². The summed E-state index contributed by atoms with van der Waals surface area (Å²) in [6, 6.07) is 8.58. The van der Waals surface area contributed by atoms with Crippen LogP contribution in [0, 0.1) is 5.92 Å². The fourth-order valence-electron chi connectivity index (χ4n) is 3.46. The first-order valence-electron chi connectivity index (χ1n) is 7.47. The molecule has 1 aromatic carbocycles. The van der Waals surface area contributed by atoms with Crippen molar-refractivity contribution in [3.63, 3.8) is 0 Å². The van der Waals surface area contributed by atoms with Crippen molar-refractivity contribution in [2.45, 2.75) is 37.8 Å². The fourth-order valence-corrected chi connectivity index (χ4v) is 3.46. The lowest BCUT2D eigenvalue weighted by Gasteiger charge is -2.28. The zero-order valence-corrected chi connectivity index (χ0v) is 11.9. The lowest BCUT2D eigenvalue weighted by Crippen LogP contribution is -2.51. The molecule has 2 N–H and O–H groups in total. The number of hydrogen-bond acceptors (Lipinski definition) is 2. The minimum atomic E-state index is -0.989. The third kappa shape index (κ3) is 3.01. The van der Waals surface area contributed by atoms with Gasteiger partial charge in [-0.1, -0.05) is 30.3 Å². The number of carbonyl (C=O) groups excluding carboxylic acids is 1. The number of likely N-dealkylation sites (tertiary alicyclic amines) is 1. The van der Waals surface area contributed by atoms with Crippen LogP contribution in [0.3, 0.4) is 0 Å². The molecule has 0 spiro atoms. The maximum atomic E-state index is 12.3. The highest BCUT2D eigenvalue weighted by atomic mass is 16.4. The van der Waals surface area contributed by atoms with E-state index in [1.54, 1.807) is 0 Å². The zero-order valence-electron chi connectivity index (χ0n) is 11.9. The quantitative estimate of drug-likeness (QED) is 0.888. The van der Waals surface area contributed by atoms with E-state index in [0.29, 0.717) is 18.4 Å². The summed E-state index contributed by atoms with van der Waals surface area (Å²) in [5.74, 6) is -0.380. The minimum absolute atomic E-state index is 0.231. The standard InChI is InChI=1S/C16H20N2O3/c19-15(20)14(9-11-4-2-1-3-5-11)17-16(21)18-10-12-6-7-13(18)8-12/h1-5,12-14H,6-10H2,(H,17,21)(H,19,20). The Hall–Kier alpha value is -2.04. The molecule has 1 heterocycles. The molecule has 1 aliphatic carbocycles. The molecule has 2 fully saturated rings. The smallest absolute Gasteiger partial charge is 0.326 e. The maximum Gasteiger partial charge on any atom is 0.326 e. The van der Waals surface area contributed by atoms with Gasteiger partial charge >= 0.3 is 12.0 Å². The highest BCUT2D eigenvalue weighted by Gasteiger charge is 2.41. The SMILES string of the molecule is O=C(O)C(Cc1ccccc1)NC(=O)N1CC2CCC1C2. The predicted octanol–water partition coefficient (Wildman–Crippen LogP) is 1.88. The Morgan fingerprint density at radius 3 is 2.62 bits per heavy atom. The number of fused-ring (bicyclic) bond motifs is 2. The molecule has 2 bridgehead atoms. The molecule has 1 saturated carbocycles. The van der Waals surface area contributed by atoms with Crippen molar-refractivity contribution in [3.8, 4) is 0 Å². The minimum Gasteiger partial charge on any atom is -0.480 e. The molecule has 1 aliphatic heterocycles. The summed E-state index contributed by atoms with van der Waals surface area (Å²) in [6.45, 7) is 0.772. The van der Waals surface area contributed by atoms with Gasteiger partial charge in [-0.25, -0.2) is 9.59 Å². The van der Waals surface area contributed by atoms with Crippen LogP contribution in [0.2, 0.25) is 0 Å². The Kier molecular flexibility index (Phi) is 3.82. The maximum absolute atomic E-state index is 12.3. The molecule has 3 rings (SSSR count). The number of carbonyl (C=O) groups is 2. The first kappa shape index (κ1) is 13.9. The van der Waals surface area contributed by atoms with E-state index in [4.69, 9.17) is 0 Å². The van der Waals surface area contributed by atoms with Crippen LogP contribution >= 0.6 is 0 Å². The number of rotatable bonds is 4. The lowest BCUT2D eigenvalue weighted by molar-refractivity contribution is -0.139. The van der Waals surface area contributed by atoms with Crippen LogP contribution < -0.4 is 5.32 Å². The normalized spacial score (nSPS) is 24.9. The lowest BCUT2D eigenvalue weighted by atomic mass is 10.1. The van der Waals surface area contributed by atoms with Crippen LogP contribution in [-0.2, 0) is 11.2 Å². The molecular formula is C16H20N2O3. The third-order valence-electron chi connectivity index (χ3n) is 4.55. The molecular weight excluding hydrogens is 268 g/mol. The summed E-state index contributed by atoms with van der Waals surface area (Å²) in [5, 5.41) is 12.0.